The van der Waals surface area contributed by atoms with Gasteiger partial charge >= 0.3 is 0 Å². The number of fused-ring (bicyclic) bond motifs is 2. The van der Waals surface area contributed by atoms with E-state index in [-0.39, 0.29) is 10.6 Å². The molecule has 2 atom stereocenters. The smallest absolute Gasteiger partial charge is 0.269 e. The highest BCUT2D eigenvalue weighted by molar-refractivity contribution is 6.31. The fraction of sp³-hybridized carbons (Fsp3) is 0.538. The standard InChI is InChI=1S/C13H15ClN2O3/c14-13-4-1-10(16(17)18)5-9(13)6-15-7-11-2-3-12(8-15)19-11/h1,4-5,11-12H,2-3,6-8H2. The molecule has 2 fully saturated rings. The zero-order valence-electron chi connectivity index (χ0n) is 10.4. The molecule has 0 saturated carbocycles. The summed E-state index contributed by atoms with van der Waals surface area (Å²) in [5.41, 5.74) is 0.910. The van der Waals surface area contributed by atoms with Gasteiger partial charge in [0.2, 0.25) is 0 Å². The summed E-state index contributed by atoms with van der Waals surface area (Å²) >= 11 is 6.13. The topological polar surface area (TPSA) is 55.6 Å². The molecule has 2 aliphatic rings. The average Bonchev–Trinajstić information content (AvgIpc) is 2.71. The number of rotatable bonds is 3. The van der Waals surface area contributed by atoms with Crippen molar-refractivity contribution in [2.24, 2.45) is 0 Å². The van der Waals surface area contributed by atoms with Crippen molar-refractivity contribution in [3.8, 4) is 0 Å². The number of morpholine rings is 1. The Hall–Kier alpha value is -1.17. The maximum Gasteiger partial charge on any atom is 0.269 e. The Bertz CT molecular complexity index is 497. The summed E-state index contributed by atoms with van der Waals surface area (Å²) in [7, 11) is 0. The number of hydrogen-bond acceptors (Lipinski definition) is 4. The predicted molar refractivity (Wildman–Crippen MR) is 71.3 cm³/mol. The number of nitro groups is 1. The van der Waals surface area contributed by atoms with Crippen molar-refractivity contribution in [3.63, 3.8) is 0 Å². The van der Waals surface area contributed by atoms with E-state index in [1.165, 1.54) is 6.07 Å². The number of benzene rings is 1. The van der Waals surface area contributed by atoms with Gasteiger partial charge in [0.05, 0.1) is 17.1 Å². The minimum Gasteiger partial charge on any atom is -0.372 e. The molecule has 0 amide bonds. The lowest BCUT2D eigenvalue weighted by atomic mass is 10.1. The Morgan fingerprint density at radius 2 is 2.05 bits per heavy atom. The number of halogens is 1. The van der Waals surface area contributed by atoms with E-state index in [1.54, 1.807) is 12.1 Å². The number of likely N-dealkylation sites (tertiary alicyclic amines) is 1. The van der Waals surface area contributed by atoms with Crippen molar-refractivity contribution in [2.75, 3.05) is 13.1 Å². The van der Waals surface area contributed by atoms with Crippen molar-refractivity contribution in [2.45, 2.75) is 31.6 Å². The van der Waals surface area contributed by atoms with Crippen molar-refractivity contribution >= 4 is 17.3 Å². The van der Waals surface area contributed by atoms with Gasteiger partial charge in [0.1, 0.15) is 0 Å². The average molecular weight is 283 g/mol. The highest BCUT2D eigenvalue weighted by Gasteiger charge is 2.33. The third-order valence-corrected chi connectivity index (χ3v) is 4.12. The minimum atomic E-state index is -0.386. The monoisotopic (exact) mass is 282 g/mol. The van der Waals surface area contributed by atoms with E-state index < -0.39 is 0 Å². The fourth-order valence-electron chi connectivity index (χ4n) is 2.87. The van der Waals surface area contributed by atoms with Gasteiger partial charge in [0.25, 0.3) is 5.69 Å². The Labute approximate surface area is 116 Å². The van der Waals surface area contributed by atoms with E-state index >= 15 is 0 Å². The van der Waals surface area contributed by atoms with Crippen LogP contribution in [0.4, 0.5) is 5.69 Å². The van der Waals surface area contributed by atoms with Crippen LogP contribution in [0.15, 0.2) is 18.2 Å². The largest absolute Gasteiger partial charge is 0.372 e. The SMILES string of the molecule is O=[N+]([O-])c1ccc(Cl)c(CN2CC3CCC(C2)O3)c1. The third kappa shape index (κ3) is 2.73. The second-order valence-corrected chi connectivity index (χ2v) is 5.59. The first-order valence-electron chi connectivity index (χ1n) is 6.42. The molecule has 2 saturated heterocycles. The highest BCUT2D eigenvalue weighted by atomic mass is 35.5. The molecule has 2 bridgehead atoms. The molecule has 0 aliphatic carbocycles. The van der Waals surface area contributed by atoms with Crippen LogP contribution in [0.3, 0.4) is 0 Å². The molecular formula is C13H15ClN2O3. The lowest BCUT2D eigenvalue weighted by Gasteiger charge is -2.32. The van der Waals surface area contributed by atoms with Crippen LogP contribution < -0.4 is 0 Å². The van der Waals surface area contributed by atoms with Gasteiger partial charge in [-0.1, -0.05) is 11.6 Å². The number of nitrogens with zero attached hydrogens (tertiary/aromatic N) is 2. The lowest BCUT2D eigenvalue weighted by molar-refractivity contribution is -0.384. The molecule has 0 N–H and O–H groups in total. The normalized spacial score (nSPS) is 26.6. The second-order valence-electron chi connectivity index (χ2n) is 5.18. The maximum atomic E-state index is 10.8. The first-order chi connectivity index (χ1) is 9.11. The first-order valence-corrected chi connectivity index (χ1v) is 6.80. The maximum absolute atomic E-state index is 10.8. The molecule has 2 heterocycles. The van der Waals surface area contributed by atoms with Crippen molar-refractivity contribution in [1.82, 2.24) is 4.90 Å². The molecule has 3 rings (SSSR count). The van der Waals surface area contributed by atoms with Crippen LogP contribution in [-0.2, 0) is 11.3 Å². The summed E-state index contributed by atoms with van der Waals surface area (Å²) in [6, 6.07) is 4.61. The quantitative estimate of drug-likeness (QED) is 0.632. The predicted octanol–water partition coefficient (Wildman–Crippen LogP) is 2.61. The summed E-state index contributed by atoms with van der Waals surface area (Å²) in [5.74, 6) is 0. The molecule has 1 aromatic rings. The summed E-state index contributed by atoms with van der Waals surface area (Å²) < 4.78 is 5.77. The Kier molecular flexibility index (Phi) is 3.43. The van der Waals surface area contributed by atoms with Crippen LogP contribution >= 0.6 is 11.6 Å². The van der Waals surface area contributed by atoms with E-state index in [4.69, 9.17) is 16.3 Å². The van der Waals surface area contributed by atoms with Crippen molar-refractivity contribution < 1.29 is 9.66 Å². The van der Waals surface area contributed by atoms with Gasteiger partial charge in [0.15, 0.2) is 0 Å². The number of nitro benzene ring substituents is 1. The minimum absolute atomic E-state index is 0.0932. The molecule has 102 valence electrons. The van der Waals surface area contributed by atoms with E-state index in [0.717, 1.165) is 31.5 Å². The van der Waals surface area contributed by atoms with Gasteiger partial charge in [-0.15, -0.1) is 0 Å². The highest BCUT2D eigenvalue weighted by Crippen LogP contribution is 2.29. The second kappa shape index (κ2) is 5.07. The number of non-ortho nitro benzene ring substituents is 1. The van der Waals surface area contributed by atoms with Gasteiger partial charge in [-0.25, -0.2) is 0 Å². The summed E-state index contributed by atoms with van der Waals surface area (Å²) in [6.45, 7) is 2.42. The van der Waals surface area contributed by atoms with Gasteiger partial charge in [0, 0.05) is 36.8 Å². The third-order valence-electron chi connectivity index (χ3n) is 3.75. The van der Waals surface area contributed by atoms with E-state index in [0.29, 0.717) is 23.8 Å². The van der Waals surface area contributed by atoms with Crippen LogP contribution in [0.5, 0.6) is 0 Å². The van der Waals surface area contributed by atoms with Crippen LogP contribution in [0, 0.1) is 10.1 Å². The summed E-state index contributed by atoms with van der Waals surface area (Å²) in [6.07, 6.45) is 2.86. The van der Waals surface area contributed by atoms with Gasteiger partial charge in [-0.2, -0.15) is 0 Å². The Morgan fingerprint density at radius 1 is 1.37 bits per heavy atom. The number of hydrogen-bond donors (Lipinski definition) is 0. The zero-order chi connectivity index (χ0) is 13.4. The summed E-state index contributed by atoms with van der Waals surface area (Å²) in [4.78, 5) is 12.7. The molecule has 6 heteroatoms. The Balaban J connectivity index is 1.75. The van der Waals surface area contributed by atoms with E-state index in [9.17, 15) is 10.1 Å². The summed E-state index contributed by atoms with van der Waals surface area (Å²) in [5, 5.41) is 11.4. The van der Waals surface area contributed by atoms with Gasteiger partial charge in [-0.05, 0) is 24.5 Å². The molecule has 1 aromatic carbocycles. The van der Waals surface area contributed by atoms with Crippen LogP contribution in [0.2, 0.25) is 5.02 Å². The fourth-order valence-corrected chi connectivity index (χ4v) is 3.04. The molecule has 2 aliphatic heterocycles. The molecule has 0 spiro atoms. The molecule has 0 radical (unpaired) electrons. The lowest BCUT2D eigenvalue weighted by Crippen LogP contribution is -2.42. The van der Waals surface area contributed by atoms with Gasteiger partial charge in [-0.3, -0.25) is 15.0 Å². The molecular weight excluding hydrogens is 268 g/mol. The first kappa shape index (κ1) is 12.8. The molecule has 5 nitrogen and oxygen atoms in total. The molecule has 2 unspecified atom stereocenters. The number of ether oxygens (including phenoxy) is 1. The van der Waals surface area contributed by atoms with Crippen molar-refractivity contribution in [1.29, 1.82) is 0 Å². The van der Waals surface area contributed by atoms with E-state index in [2.05, 4.69) is 4.90 Å². The van der Waals surface area contributed by atoms with Gasteiger partial charge < -0.3 is 4.74 Å². The van der Waals surface area contributed by atoms with Crippen LogP contribution in [0.25, 0.3) is 0 Å². The van der Waals surface area contributed by atoms with Crippen molar-refractivity contribution in [3.05, 3.63) is 38.9 Å². The van der Waals surface area contributed by atoms with Crippen LogP contribution in [-0.4, -0.2) is 35.1 Å². The molecule has 0 aromatic heterocycles. The van der Waals surface area contributed by atoms with Crippen LogP contribution in [0.1, 0.15) is 18.4 Å². The Morgan fingerprint density at radius 3 is 2.68 bits per heavy atom. The molecule has 19 heavy (non-hydrogen) atoms. The zero-order valence-corrected chi connectivity index (χ0v) is 11.2. The van der Waals surface area contributed by atoms with E-state index in [1.807, 2.05) is 0 Å².